The van der Waals surface area contributed by atoms with Crippen LogP contribution in [0.1, 0.15) is 15.9 Å². The maximum atomic E-state index is 12.6. The van der Waals surface area contributed by atoms with E-state index in [2.05, 4.69) is 10.6 Å². The number of ether oxygens (including phenoxy) is 1. The van der Waals surface area contributed by atoms with Crippen LogP contribution in [-0.4, -0.2) is 44.2 Å². The first kappa shape index (κ1) is 18.8. The summed E-state index contributed by atoms with van der Waals surface area (Å²) in [6.07, 6.45) is -4.72. The molecule has 0 aliphatic heterocycles. The van der Waals surface area contributed by atoms with Crippen LogP contribution < -0.4 is 10.6 Å². The van der Waals surface area contributed by atoms with Gasteiger partial charge in [-0.3, -0.25) is 14.9 Å². The zero-order chi connectivity index (χ0) is 17.5. The fraction of sp³-hybridized carbons (Fsp3) is 0.462. The molecule has 10 heteroatoms. The summed E-state index contributed by atoms with van der Waals surface area (Å²) in [7, 11) is 1.53. The van der Waals surface area contributed by atoms with E-state index in [9.17, 15) is 28.1 Å². The number of halogens is 3. The minimum absolute atomic E-state index is 0.167. The second-order valence-electron chi connectivity index (χ2n) is 4.49. The molecule has 0 aromatic heterocycles. The molecule has 0 fully saturated rings. The Morgan fingerprint density at radius 1 is 1.30 bits per heavy atom. The fourth-order valence-corrected chi connectivity index (χ4v) is 1.71. The molecular formula is C13H16F3N3O4. The van der Waals surface area contributed by atoms with Crippen molar-refractivity contribution in [1.82, 2.24) is 10.6 Å². The highest BCUT2D eigenvalue weighted by Gasteiger charge is 2.33. The van der Waals surface area contributed by atoms with Crippen molar-refractivity contribution in [2.45, 2.75) is 6.18 Å². The predicted molar refractivity (Wildman–Crippen MR) is 75.2 cm³/mol. The number of rotatable bonds is 8. The van der Waals surface area contributed by atoms with Gasteiger partial charge in [-0.25, -0.2) is 0 Å². The number of alkyl halides is 3. The van der Waals surface area contributed by atoms with Gasteiger partial charge in [0.05, 0.1) is 17.1 Å². The average Bonchev–Trinajstić information content (AvgIpc) is 2.49. The maximum absolute atomic E-state index is 12.6. The monoisotopic (exact) mass is 335 g/mol. The number of hydrogen-bond acceptors (Lipinski definition) is 5. The fourth-order valence-electron chi connectivity index (χ4n) is 1.71. The van der Waals surface area contributed by atoms with Gasteiger partial charge in [0.2, 0.25) is 0 Å². The van der Waals surface area contributed by atoms with Crippen molar-refractivity contribution in [3.63, 3.8) is 0 Å². The third-order valence-electron chi connectivity index (χ3n) is 2.84. The number of methoxy groups -OCH3 is 1. The van der Waals surface area contributed by atoms with Crippen LogP contribution in [0.15, 0.2) is 18.2 Å². The molecule has 0 radical (unpaired) electrons. The zero-order valence-corrected chi connectivity index (χ0v) is 12.3. The van der Waals surface area contributed by atoms with Gasteiger partial charge in [-0.2, -0.15) is 13.2 Å². The van der Waals surface area contributed by atoms with Crippen molar-refractivity contribution < 1.29 is 27.6 Å². The van der Waals surface area contributed by atoms with Crippen molar-refractivity contribution in [1.29, 1.82) is 0 Å². The van der Waals surface area contributed by atoms with Crippen molar-refractivity contribution in [3.8, 4) is 0 Å². The van der Waals surface area contributed by atoms with Crippen molar-refractivity contribution in [2.75, 3.05) is 33.4 Å². The van der Waals surface area contributed by atoms with Crippen LogP contribution in [0.3, 0.4) is 0 Å². The lowest BCUT2D eigenvalue weighted by atomic mass is 10.1. The van der Waals surface area contributed by atoms with Gasteiger partial charge < -0.3 is 15.4 Å². The molecule has 128 valence electrons. The van der Waals surface area contributed by atoms with Crippen LogP contribution in [-0.2, 0) is 10.9 Å². The molecule has 0 heterocycles. The molecule has 0 aliphatic rings. The highest BCUT2D eigenvalue weighted by molar-refractivity contribution is 5.98. The van der Waals surface area contributed by atoms with E-state index in [1.54, 1.807) is 0 Å². The number of nitro benzene ring substituents is 1. The maximum Gasteiger partial charge on any atom is 0.416 e. The molecule has 0 atom stereocenters. The third-order valence-corrected chi connectivity index (χ3v) is 2.84. The highest BCUT2D eigenvalue weighted by atomic mass is 19.4. The van der Waals surface area contributed by atoms with Crippen molar-refractivity contribution in [3.05, 3.63) is 39.4 Å². The van der Waals surface area contributed by atoms with E-state index in [1.807, 2.05) is 0 Å². The van der Waals surface area contributed by atoms with E-state index in [1.165, 1.54) is 7.11 Å². The Kier molecular flexibility index (Phi) is 6.91. The second-order valence-corrected chi connectivity index (χ2v) is 4.49. The van der Waals surface area contributed by atoms with E-state index in [0.717, 1.165) is 6.07 Å². The van der Waals surface area contributed by atoms with E-state index < -0.39 is 33.8 Å². The van der Waals surface area contributed by atoms with Crippen molar-refractivity contribution in [2.24, 2.45) is 0 Å². The highest BCUT2D eigenvalue weighted by Crippen LogP contribution is 2.32. The lowest BCUT2D eigenvalue weighted by Crippen LogP contribution is -2.33. The smallest absolute Gasteiger partial charge is 0.383 e. The Labute approximate surface area is 130 Å². The SMILES string of the molecule is COCCNCCNC(=O)c1ccc(C(F)(F)F)cc1[N+](=O)[O-]. The molecule has 23 heavy (non-hydrogen) atoms. The first-order valence-corrected chi connectivity index (χ1v) is 6.61. The van der Waals surface area contributed by atoms with Gasteiger partial charge in [0.1, 0.15) is 5.56 Å². The summed E-state index contributed by atoms with van der Waals surface area (Å²) in [4.78, 5) is 21.7. The number of carbonyl (C=O) groups is 1. The third kappa shape index (κ3) is 5.83. The summed E-state index contributed by atoms with van der Waals surface area (Å²) < 4.78 is 42.5. The quantitative estimate of drug-likeness (QED) is 0.427. The van der Waals surface area contributed by atoms with Crippen molar-refractivity contribution >= 4 is 11.6 Å². The Bertz CT molecular complexity index is 564. The lowest BCUT2D eigenvalue weighted by Gasteiger charge is -2.09. The van der Waals surface area contributed by atoms with E-state index in [-0.39, 0.29) is 6.54 Å². The molecule has 7 nitrogen and oxygen atoms in total. The first-order valence-electron chi connectivity index (χ1n) is 6.61. The number of carbonyl (C=O) groups excluding carboxylic acids is 1. The Morgan fingerprint density at radius 2 is 2.00 bits per heavy atom. The molecule has 0 spiro atoms. The van der Waals surface area contributed by atoms with Gasteiger partial charge in [0.25, 0.3) is 11.6 Å². The summed E-state index contributed by atoms with van der Waals surface area (Å²) in [6.45, 7) is 1.61. The molecule has 0 bridgehead atoms. The minimum Gasteiger partial charge on any atom is -0.383 e. The molecule has 0 saturated carbocycles. The van der Waals surface area contributed by atoms with Crippen LogP contribution in [0, 0.1) is 10.1 Å². The summed E-state index contributed by atoms with van der Waals surface area (Å²) >= 11 is 0. The largest absolute Gasteiger partial charge is 0.416 e. The average molecular weight is 335 g/mol. The molecule has 2 N–H and O–H groups in total. The second kappa shape index (κ2) is 8.44. The topological polar surface area (TPSA) is 93.5 Å². The van der Waals surface area contributed by atoms with Crippen LogP contribution >= 0.6 is 0 Å². The molecule has 1 rings (SSSR count). The standard InChI is InChI=1S/C13H16F3N3O4/c1-23-7-6-17-4-5-18-12(20)10-3-2-9(13(14,15)16)8-11(10)19(21)22/h2-3,8,17H,4-7H2,1H3,(H,18,20). The van der Waals surface area contributed by atoms with Gasteiger partial charge in [0.15, 0.2) is 0 Å². The van der Waals surface area contributed by atoms with E-state index in [4.69, 9.17) is 4.74 Å². The summed E-state index contributed by atoms with van der Waals surface area (Å²) in [5.41, 5.74) is -2.48. The summed E-state index contributed by atoms with van der Waals surface area (Å²) in [5, 5.41) is 16.2. The molecule has 1 amide bonds. The Balaban J connectivity index is 2.74. The van der Waals surface area contributed by atoms with Crippen LogP contribution in [0.2, 0.25) is 0 Å². The van der Waals surface area contributed by atoms with Crippen LogP contribution in [0.4, 0.5) is 18.9 Å². The molecule has 1 aromatic rings. The number of amides is 1. The minimum atomic E-state index is -4.72. The van der Waals surface area contributed by atoms with Gasteiger partial charge in [0, 0.05) is 32.8 Å². The molecular weight excluding hydrogens is 319 g/mol. The van der Waals surface area contributed by atoms with Gasteiger partial charge >= 0.3 is 6.18 Å². The molecule has 0 unspecified atom stereocenters. The van der Waals surface area contributed by atoms with E-state index >= 15 is 0 Å². The van der Waals surface area contributed by atoms with Crippen LogP contribution in [0.25, 0.3) is 0 Å². The van der Waals surface area contributed by atoms with E-state index in [0.29, 0.717) is 31.8 Å². The van der Waals surface area contributed by atoms with Gasteiger partial charge in [-0.1, -0.05) is 0 Å². The first-order chi connectivity index (χ1) is 10.8. The van der Waals surface area contributed by atoms with Crippen LogP contribution in [0.5, 0.6) is 0 Å². The van der Waals surface area contributed by atoms with Gasteiger partial charge in [-0.05, 0) is 12.1 Å². The summed E-state index contributed by atoms with van der Waals surface area (Å²) in [6, 6.07) is 1.79. The number of benzene rings is 1. The normalized spacial score (nSPS) is 11.3. The number of nitro groups is 1. The summed E-state index contributed by atoms with van der Waals surface area (Å²) in [5.74, 6) is -0.807. The number of nitrogens with zero attached hydrogens (tertiary/aromatic N) is 1. The number of nitrogens with one attached hydrogen (secondary N) is 2. The molecule has 1 aromatic carbocycles. The Hall–Kier alpha value is -2.20. The Morgan fingerprint density at radius 3 is 2.57 bits per heavy atom. The lowest BCUT2D eigenvalue weighted by molar-refractivity contribution is -0.385. The van der Waals surface area contributed by atoms with Gasteiger partial charge in [-0.15, -0.1) is 0 Å². The zero-order valence-electron chi connectivity index (χ0n) is 12.3. The molecule has 0 saturated heterocycles. The predicted octanol–water partition coefficient (Wildman–Crippen LogP) is 1.58. The molecule has 0 aliphatic carbocycles. The number of hydrogen-bond donors (Lipinski definition) is 2.